The molecule has 162 valence electrons. The second kappa shape index (κ2) is 10.7. The maximum absolute atomic E-state index is 12.6. The molecular formula is C24H33N3O2S. The number of benzene rings is 1. The Kier molecular flexibility index (Phi) is 8.05. The summed E-state index contributed by atoms with van der Waals surface area (Å²) in [4.78, 5) is 27.7. The van der Waals surface area contributed by atoms with Gasteiger partial charge in [0.15, 0.2) is 0 Å². The smallest absolute Gasteiger partial charge is 0.222 e. The highest BCUT2D eigenvalue weighted by atomic mass is 32.1. The van der Waals surface area contributed by atoms with E-state index >= 15 is 0 Å². The van der Waals surface area contributed by atoms with Crippen LogP contribution >= 0.6 is 11.3 Å². The van der Waals surface area contributed by atoms with Gasteiger partial charge in [-0.2, -0.15) is 0 Å². The molecule has 2 N–H and O–H groups in total. The van der Waals surface area contributed by atoms with Gasteiger partial charge in [0.1, 0.15) is 0 Å². The maximum atomic E-state index is 12.6. The van der Waals surface area contributed by atoms with Gasteiger partial charge in [0.25, 0.3) is 0 Å². The SMILES string of the molecule is CC(=O)N[C@H](CC(=O)NCc1ccccc1CN1C[C@H](C)C[C@@H](C)C1)c1cccs1. The molecule has 3 rings (SSSR count). The summed E-state index contributed by atoms with van der Waals surface area (Å²) in [5, 5.41) is 7.90. The number of carbonyl (C=O) groups is 2. The fourth-order valence-electron chi connectivity index (χ4n) is 4.46. The van der Waals surface area contributed by atoms with Crippen LogP contribution in [0.15, 0.2) is 41.8 Å². The summed E-state index contributed by atoms with van der Waals surface area (Å²) in [6, 6.07) is 12.0. The predicted octanol–water partition coefficient (Wildman–Crippen LogP) is 4.11. The van der Waals surface area contributed by atoms with Crippen molar-refractivity contribution in [1.82, 2.24) is 15.5 Å². The Labute approximate surface area is 183 Å². The topological polar surface area (TPSA) is 61.4 Å². The summed E-state index contributed by atoms with van der Waals surface area (Å²) in [7, 11) is 0. The first-order valence-electron chi connectivity index (χ1n) is 10.8. The molecule has 0 aliphatic carbocycles. The van der Waals surface area contributed by atoms with Gasteiger partial charge in [-0.05, 0) is 40.8 Å². The molecule has 6 heteroatoms. The van der Waals surface area contributed by atoms with Crippen molar-refractivity contribution >= 4 is 23.2 Å². The highest BCUT2D eigenvalue weighted by molar-refractivity contribution is 7.10. The molecule has 2 heterocycles. The molecule has 1 aromatic carbocycles. The van der Waals surface area contributed by atoms with E-state index in [1.165, 1.54) is 18.9 Å². The number of thiophene rings is 1. The second-order valence-corrected chi connectivity index (χ2v) is 9.64. The quantitative estimate of drug-likeness (QED) is 0.666. The lowest BCUT2D eigenvalue weighted by molar-refractivity contribution is -0.122. The summed E-state index contributed by atoms with van der Waals surface area (Å²) in [5.41, 5.74) is 2.43. The Morgan fingerprint density at radius 3 is 2.43 bits per heavy atom. The van der Waals surface area contributed by atoms with Gasteiger partial charge in [-0.3, -0.25) is 14.5 Å². The highest BCUT2D eigenvalue weighted by Gasteiger charge is 2.22. The zero-order valence-electron chi connectivity index (χ0n) is 18.2. The number of nitrogens with zero attached hydrogens (tertiary/aromatic N) is 1. The van der Waals surface area contributed by atoms with Crippen LogP contribution in [-0.4, -0.2) is 29.8 Å². The number of nitrogens with one attached hydrogen (secondary N) is 2. The molecular weight excluding hydrogens is 394 g/mol. The predicted molar refractivity (Wildman–Crippen MR) is 122 cm³/mol. The lowest BCUT2D eigenvalue weighted by Crippen LogP contribution is -2.38. The van der Waals surface area contributed by atoms with Crippen LogP contribution in [0.2, 0.25) is 0 Å². The van der Waals surface area contributed by atoms with E-state index in [4.69, 9.17) is 0 Å². The van der Waals surface area contributed by atoms with Crippen molar-refractivity contribution in [2.75, 3.05) is 13.1 Å². The summed E-state index contributed by atoms with van der Waals surface area (Å²) < 4.78 is 0. The number of hydrogen-bond acceptors (Lipinski definition) is 4. The van der Waals surface area contributed by atoms with Crippen molar-refractivity contribution in [1.29, 1.82) is 0 Å². The molecule has 1 saturated heterocycles. The largest absolute Gasteiger partial charge is 0.352 e. The summed E-state index contributed by atoms with van der Waals surface area (Å²) in [5.74, 6) is 1.26. The van der Waals surface area contributed by atoms with Crippen LogP contribution < -0.4 is 10.6 Å². The minimum Gasteiger partial charge on any atom is -0.352 e. The van der Waals surface area contributed by atoms with Crippen LogP contribution in [0.25, 0.3) is 0 Å². The van der Waals surface area contributed by atoms with Crippen LogP contribution in [-0.2, 0) is 22.7 Å². The number of piperidine rings is 1. The van der Waals surface area contributed by atoms with Crippen LogP contribution in [0.5, 0.6) is 0 Å². The Bertz CT molecular complexity index is 827. The monoisotopic (exact) mass is 427 g/mol. The summed E-state index contributed by atoms with van der Waals surface area (Å²) in [6.45, 7) is 9.82. The van der Waals surface area contributed by atoms with E-state index in [2.05, 4.69) is 47.6 Å². The molecule has 0 radical (unpaired) electrons. The van der Waals surface area contributed by atoms with Crippen molar-refractivity contribution in [3.63, 3.8) is 0 Å². The van der Waals surface area contributed by atoms with Gasteiger partial charge in [0.2, 0.25) is 11.8 Å². The van der Waals surface area contributed by atoms with Gasteiger partial charge in [0, 0.05) is 38.0 Å². The van der Waals surface area contributed by atoms with E-state index in [9.17, 15) is 9.59 Å². The third-order valence-corrected chi connectivity index (χ3v) is 6.57. The van der Waals surface area contributed by atoms with E-state index in [0.29, 0.717) is 6.54 Å². The van der Waals surface area contributed by atoms with Crippen molar-refractivity contribution in [2.45, 2.75) is 52.7 Å². The molecule has 0 saturated carbocycles. The Hall–Kier alpha value is -2.18. The van der Waals surface area contributed by atoms with Crippen molar-refractivity contribution < 1.29 is 9.59 Å². The molecule has 0 spiro atoms. The van der Waals surface area contributed by atoms with Gasteiger partial charge in [0.05, 0.1) is 12.5 Å². The number of likely N-dealkylation sites (tertiary alicyclic amines) is 1. The van der Waals surface area contributed by atoms with Gasteiger partial charge in [-0.25, -0.2) is 0 Å². The number of rotatable bonds is 8. The molecule has 1 aromatic heterocycles. The van der Waals surface area contributed by atoms with Crippen molar-refractivity contribution in [2.24, 2.45) is 11.8 Å². The van der Waals surface area contributed by atoms with Gasteiger partial charge >= 0.3 is 0 Å². The first-order chi connectivity index (χ1) is 14.4. The zero-order valence-corrected chi connectivity index (χ0v) is 19.0. The fourth-order valence-corrected chi connectivity index (χ4v) is 5.23. The standard InChI is InChI=1S/C24H33N3O2S/c1-17-11-18(2)15-27(14-17)16-21-8-5-4-7-20(21)13-25-24(29)12-22(26-19(3)28)23-9-6-10-30-23/h4-10,17-18,22H,11-16H2,1-3H3,(H,25,29)(H,26,28)/t17-,18-,22-/m1/s1. The van der Waals surface area contributed by atoms with Gasteiger partial charge in [-0.1, -0.05) is 44.2 Å². The first kappa shape index (κ1) is 22.5. The van der Waals surface area contributed by atoms with Crippen molar-refractivity contribution in [3.05, 3.63) is 57.8 Å². The molecule has 3 atom stereocenters. The molecule has 1 aliphatic heterocycles. The molecule has 30 heavy (non-hydrogen) atoms. The molecule has 2 aromatic rings. The molecule has 0 unspecified atom stereocenters. The number of hydrogen-bond donors (Lipinski definition) is 2. The molecule has 2 amide bonds. The zero-order chi connectivity index (χ0) is 21.5. The Morgan fingerprint density at radius 1 is 1.10 bits per heavy atom. The minimum absolute atomic E-state index is 0.0582. The van der Waals surface area contributed by atoms with Crippen molar-refractivity contribution in [3.8, 4) is 0 Å². The third-order valence-electron chi connectivity index (χ3n) is 5.59. The highest BCUT2D eigenvalue weighted by Crippen LogP contribution is 2.24. The molecule has 1 fully saturated rings. The molecule has 5 nitrogen and oxygen atoms in total. The Morgan fingerprint density at radius 2 is 1.80 bits per heavy atom. The average Bonchev–Trinajstić information content (AvgIpc) is 3.20. The molecule has 1 aliphatic rings. The van der Waals surface area contributed by atoms with E-state index < -0.39 is 0 Å². The summed E-state index contributed by atoms with van der Waals surface area (Å²) in [6.07, 6.45) is 1.54. The average molecular weight is 428 g/mol. The number of carbonyl (C=O) groups excluding carboxylic acids is 2. The second-order valence-electron chi connectivity index (χ2n) is 8.66. The van der Waals surface area contributed by atoms with E-state index in [1.54, 1.807) is 11.3 Å². The number of amides is 2. The minimum atomic E-state index is -0.283. The summed E-state index contributed by atoms with van der Waals surface area (Å²) >= 11 is 1.55. The van der Waals surface area contributed by atoms with Crippen LogP contribution in [0.3, 0.4) is 0 Å². The van der Waals surface area contributed by atoms with Crippen LogP contribution in [0, 0.1) is 11.8 Å². The third kappa shape index (κ3) is 6.67. The lowest BCUT2D eigenvalue weighted by atomic mass is 9.91. The van der Waals surface area contributed by atoms with E-state index in [0.717, 1.165) is 41.9 Å². The Balaban J connectivity index is 1.58. The fraction of sp³-hybridized carbons (Fsp3) is 0.500. The molecule has 0 bridgehead atoms. The maximum Gasteiger partial charge on any atom is 0.222 e. The van der Waals surface area contributed by atoms with Crippen LogP contribution in [0.1, 0.15) is 55.7 Å². The van der Waals surface area contributed by atoms with Gasteiger partial charge in [-0.15, -0.1) is 11.3 Å². The van der Waals surface area contributed by atoms with E-state index in [-0.39, 0.29) is 24.3 Å². The normalized spacial score (nSPS) is 20.5. The lowest BCUT2D eigenvalue weighted by Gasteiger charge is -2.35. The van der Waals surface area contributed by atoms with Crippen LogP contribution in [0.4, 0.5) is 0 Å². The van der Waals surface area contributed by atoms with Gasteiger partial charge < -0.3 is 10.6 Å². The first-order valence-corrected chi connectivity index (χ1v) is 11.6. The van der Waals surface area contributed by atoms with E-state index in [1.807, 2.05) is 23.6 Å².